The molecule has 6 heteroatoms. The Hall–Kier alpha value is -1.43. The number of ether oxygens (including phenoxy) is 1. The second-order valence-corrected chi connectivity index (χ2v) is 6.54. The molecular formula is C15H25N3O3. The zero-order chi connectivity index (χ0) is 15.5. The third kappa shape index (κ3) is 4.52. The molecule has 1 aromatic heterocycles. The Morgan fingerprint density at radius 1 is 1.48 bits per heavy atom. The summed E-state index contributed by atoms with van der Waals surface area (Å²) in [6, 6.07) is 0. The number of carbonyl (C=O) groups excluding carboxylic acids is 1. The fraction of sp³-hybridized carbons (Fsp3) is 0.800. The minimum absolute atomic E-state index is 0.0326. The molecule has 0 spiro atoms. The molecule has 1 aromatic rings. The van der Waals surface area contributed by atoms with E-state index >= 15 is 0 Å². The molecule has 0 aliphatic carbocycles. The molecular weight excluding hydrogens is 270 g/mol. The number of amides is 1. The second kappa shape index (κ2) is 6.56. The van der Waals surface area contributed by atoms with E-state index in [9.17, 15) is 4.79 Å². The van der Waals surface area contributed by atoms with Gasteiger partial charge in [-0.3, -0.25) is 4.79 Å². The molecule has 0 radical (unpaired) electrons. The van der Waals surface area contributed by atoms with Crippen molar-refractivity contribution < 1.29 is 14.1 Å². The molecule has 0 saturated carbocycles. The number of nitrogens with one attached hydrogen (secondary N) is 1. The number of rotatable bonds is 5. The molecule has 1 saturated heterocycles. The van der Waals surface area contributed by atoms with E-state index in [4.69, 9.17) is 9.26 Å². The maximum atomic E-state index is 12.2. The first-order chi connectivity index (χ1) is 9.87. The Morgan fingerprint density at radius 3 is 2.86 bits per heavy atom. The van der Waals surface area contributed by atoms with Gasteiger partial charge in [0.2, 0.25) is 11.8 Å². The van der Waals surface area contributed by atoms with E-state index in [0.717, 1.165) is 12.8 Å². The van der Waals surface area contributed by atoms with Gasteiger partial charge in [-0.25, -0.2) is 0 Å². The average molecular weight is 295 g/mol. The second-order valence-electron chi connectivity index (χ2n) is 6.54. The minimum Gasteiger partial charge on any atom is -0.376 e. The van der Waals surface area contributed by atoms with E-state index < -0.39 is 0 Å². The van der Waals surface area contributed by atoms with E-state index in [1.165, 1.54) is 0 Å². The van der Waals surface area contributed by atoms with Crippen LogP contribution in [-0.4, -0.2) is 34.8 Å². The SMILES string of the molecule is CC(C)c1nc(CCNC(=O)[C@@H]2CCOC(C)(C)C2)no1. The lowest BCUT2D eigenvalue weighted by atomic mass is 9.88. The van der Waals surface area contributed by atoms with Gasteiger partial charge in [-0.05, 0) is 26.7 Å². The maximum absolute atomic E-state index is 12.2. The number of hydrogen-bond donors (Lipinski definition) is 1. The van der Waals surface area contributed by atoms with E-state index in [0.29, 0.717) is 31.3 Å². The van der Waals surface area contributed by atoms with Crippen LogP contribution in [0.5, 0.6) is 0 Å². The van der Waals surface area contributed by atoms with Crippen molar-refractivity contribution in [2.75, 3.05) is 13.2 Å². The van der Waals surface area contributed by atoms with Gasteiger partial charge in [-0.15, -0.1) is 0 Å². The number of hydrogen-bond acceptors (Lipinski definition) is 5. The summed E-state index contributed by atoms with van der Waals surface area (Å²) in [7, 11) is 0. The van der Waals surface area contributed by atoms with E-state index in [-0.39, 0.29) is 23.3 Å². The van der Waals surface area contributed by atoms with Crippen molar-refractivity contribution in [1.82, 2.24) is 15.5 Å². The van der Waals surface area contributed by atoms with Crippen LogP contribution >= 0.6 is 0 Å². The van der Waals surface area contributed by atoms with Crippen LogP contribution in [0.25, 0.3) is 0 Å². The van der Waals surface area contributed by atoms with Crippen molar-refractivity contribution in [2.24, 2.45) is 5.92 Å². The van der Waals surface area contributed by atoms with Gasteiger partial charge >= 0.3 is 0 Å². The van der Waals surface area contributed by atoms with Crippen molar-refractivity contribution in [3.8, 4) is 0 Å². The summed E-state index contributed by atoms with van der Waals surface area (Å²) in [5.41, 5.74) is -0.208. The van der Waals surface area contributed by atoms with E-state index in [2.05, 4.69) is 15.5 Å². The molecule has 1 atom stereocenters. The van der Waals surface area contributed by atoms with Crippen molar-refractivity contribution in [1.29, 1.82) is 0 Å². The monoisotopic (exact) mass is 295 g/mol. The molecule has 0 aromatic carbocycles. The van der Waals surface area contributed by atoms with Crippen LogP contribution < -0.4 is 5.32 Å². The van der Waals surface area contributed by atoms with Gasteiger partial charge in [0.15, 0.2) is 5.82 Å². The summed E-state index contributed by atoms with van der Waals surface area (Å²) < 4.78 is 10.8. The molecule has 1 fully saturated rings. The molecule has 1 amide bonds. The summed E-state index contributed by atoms with van der Waals surface area (Å²) in [6.07, 6.45) is 2.14. The zero-order valence-electron chi connectivity index (χ0n) is 13.3. The number of aromatic nitrogens is 2. The van der Waals surface area contributed by atoms with E-state index in [1.54, 1.807) is 0 Å². The Morgan fingerprint density at radius 2 is 2.24 bits per heavy atom. The summed E-state index contributed by atoms with van der Waals surface area (Å²) in [6.45, 7) is 9.25. The molecule has 0 bridgehead atoms. The number of carbonyl (C=O) groups is 1. The Labute approximate surface area is 125 Å². The molecule has 118 valence electrons. The van der Waals surface area contributed by atoms with Crippen molar-refractivity contribution in [2.45, 2.75) is 58.5 Å². The standard InChI is InChI=1S/C15H25N3O3/c1-10(2)14-17-12(18-21-14)5-7-16-13(19)11-6-8-20-15(3,4)9-11/h10-11H,5-9H2,1-4H3,(H,16,19)/t11-/m1/s1. The number of nitrogens with zero attached hydrogens (tertiary/aromatic N) is 2. The summed E-state index contributed by atoms with van der Waals surface area (Å²) in [5, 5.41) is 6.87. The molecule has 1 aliphatic rings. The first-order valence-electron chi connectivity index (χ1n) is 7.61. The van der Waals surface area contributed by atoms with Crippen LogP contribution in [0.1, 0.15) is 58.2 Å². The minimum atomic E-state index is -0.208. The van der Waals surface area contributed by atoms with Gasteiger partial charge in [0.25, 0.3) is 0 Å². The van der Waals surface area contributed by atoms with Crippen LogP contribution in [0.3, 0.4) is 0 Å². The lowest BCUT2D eigenvalue weighted by Crippen LogP contribution is -2.41. The van der Waals surface area contributed by atoms with Crippen LogP contribution in [-0.2, 0) is 16.0 Å². The van der Waals surface area contributed by atoms with Crippen molar-refractivity contribution in [3.63, 3.8) is 0 Å². The highest BCUT2D eigenvalue weighted by atomic mass is 16.5. The Bertz CT molecular complexity index is 482. The lowest BCUT2D eigenvalue weighted by molar-refractivity contribution is -0.135. The highest BCUT2D eigenvalue weighted by molar-refractivity contribution is 5.78. The van der Waals surface area contributed by atoms with Crippen molar-refractivity contribution >= 4 is 5.91 Å². The lowest BCUT2D eigenvalue weighted by Gasteiger charge is -2.34. The maximum Gasteiger partial charge on any atom is 0.229 e. The average Bonchev–Trinajstić information content (AvgIpc) is 2.86. The molecule has 1 aliphatic heterocycles. The normalized spacial score (nSPS) is 21.5. The largest absolute Gasteiger partial charge is 0.376 e. The fourth-order valence-corrected chi connectivity index (χ4v) is 2.50. The topological polar surface area (TPSA) is 77.2 Å². The molecule has 2 heterocycles. The highest BCUT2D eigenvalue weighted by Crippen LogP contribution is 2.28. The fourth-order valence-electron chi connectivity index (χ4n) is 2.50. The van der Waals surface area contributed by atoms with Gasteiger partial charge in [-0.2, -0.15) is 4.98 Å². The molecule has 6 nitrogen and oxygen atoms in total. The van der Waals surface area contributed by atoms with Gasteiger partial charge in [0.1, 0.15) is 0 Å². The third-order valence-corrected chi connectivity index (χ3v) is 3.69. The summed E-state index contributed by atoms with van der Waals surface area (Å²) in [5.74, 6) is 1.64. The molecule has 0 unspecified atom stereocenters. The third-order valence-electron chi connectivity index (χ3n) is 3.69. The first-order valence-corrected chi connectivity index (χ1v) is 7.61. The van der Waals surface area contributed by atoms with Crippen LogP contribution in [0.2, 0.25) is 0 Å². The van der Waals surface area contributed by atoms with Gasteiger partial charge in [-0.1, -0.05) is 19.0 Å². The summed E-state index contributed by atoms with van der Waals surface area (Å²) in [4.78, 5) is 16.5. The Balaban J connectivity index is 1.76. The van der Waals surface area contributed by atoms with Crippen molar-refractivity contribution in [3.05, 3.63) is 11.7 Å². The van der Waals surface area contributed by atoms with Crippen LogP contribution in [0.15, 0.2) is 4.52 Å². The molecule has 21 heavy (non-hydrogen) atoms. The quantitative estimate of drug-likeness (QED) is 0.899. The predicted molar refractivity (Wildman–Crippen MR) is 77.9 cm³/mol. The predicted octanol–water partition coefficient (Wildman–Crippen LogP) is 2.06. The van der Waals surface area contributed by atoms with Gasteiger partial charge < -0.3 is 14.6 Å². The Kier molecular flexibility index (Phi) is 4.98. The molecule has 1 N–H and O–H groups in total. The van der Waals surface area contributed by atoms with E-state index in [1.807, 2.05) is 27.7 Å². The van der Waals surface area contributed by atoms with Gasteiger partial charge in [0, 0.05) is 31.4 Å². The van der Waals surface area contributed by atoms with Crippen LogP contribution in [0.4, 0.5) is 0 Å². The molecule has 2 rings (SSSR count). The van der Waals surface area contributed by atoms with Gasteiger partial charge in [0.05, 0.1) is 5.60 Å². The first kappa shape index (κ1) is 15.9. The summed E-state index contributed by atoms with van der Waals surface area (Å²) >= 11 is 0. The smallest absolute Gasteiger partial charge is 0.229 e. The highest BCUT2D eigenvalue weighted by Gasteiger charge is 2.32. The van der Waals surface area contributed by atoms with Crippen LogP contribution in [0, 0.1) is 5.92 Å². The zero-order valence-corrected chi connectivity index (χ0v) is 13.3.